The summed E-state index contributed by atoms with van der Waals surface area (Å²) in [5.41, 5.74) is 2.81. The van der Waals surface area contributed by atoms with E-state index in [4.69, 9.17) is 4.74 Å². The third-order valence-corrected chi connectivity index (χ3v) is 6.70. The molecule has 35 heavy (non-hydrogen) atoms. The van der Waals surface area contributed by atoms with Crippen molar-refractivity contribution in [3.63, 3.8) is 0 Å². The van der Waals surface area contributed by atoms with E-state index < -0.39 is 30.2 Å². The Bertz CT molecular complexity index is 1240. The molecule has 2 aliphatic rings. The molecule has 0 radical (unpaired) electrons. The van der Waals surface area contributed by atoms with Gasteiger partial charge in [-0.1, -0.05) is 19.1 Å². The molecular formula is C26H29FN4O4. The highest BCUT2D eigenvalue weighted by Crippen LogP contribution is 2.45. The van der Waals surface area contributed by atoms with Crippen LogP contribution in [0.25, 0.3) is 6.08 Å². The van der Waals surface area contributed by atoms with Gasteiger partial charge in [-0.2, -0.15) is 0 Å². The minimum Gasteiger partial charge on any atom is -0.496 e. The number of rotatable bonds is 5. The number of ether oxygens (including phenoxy) is 1. The number of para-hydroxylation sites is 1. The number of amides is 4. The zero-order chi connectivity index (χ0) is 25.5. The molecule has 0 aliphatic carbocycles. The second kappa shape index (κ2) is 9.05. The molecular weight excluding hydrogens is 451 g/mol. The number of hydrogen-bond acceptors (Lipinski definition) is 5. The van der Waals surface area contributed by atoms with Gasteiger partial charge in [-0.3, -0.25) is 9.59 Å². The van der Waals surface area contributed by atoms with Gasteiger partial charge in [0.25, 0.3) is 5.91 Å². The van der Waals surface area contributed by atoms with Crippen molar-refractivity contribution in [2.45, 2.75) is 38.6 Å². The molecule has 9 heteroatoms. The molecule has 2 aliphatic heterocycles. The Morgan fingerprint density at radius 1 is 1.29 bits per heavy atom. The largest absolute Gasteiger partial charge is 0.496 e. The normalized spacial score (nSPS) is 20.1. The Kier molecular flexibility index (Phi) is 6.27. The van der Waals surface area contributed by atoms with Crippen LogP contribution in [-0.2, 0) is 9.59 Å². The first-order valence-electron chi connectivity index (χ1n) is 11.4. The summed E-state index contributed by atoms with van der Waals surface area (Å²) >= 11 is 0. The van der Waals surface area contributed by atoms with Crippen molar-refractivity contribution >= 4 is 35.3 Å². The summed E-state index contributed by atoms with van der Waals surface area (Å²) in [6.07, 6.45) is 2.51. The van der Waals surface area contributed by atoms with E-state index in [0.29, 0.717) is 11.3 Å². The summed E-state index contributed by atoms with van der Waals surface area (Å²) in [6, 6.07) is 8.86. The topological polar surface area (TPSA) is 91.0 Å². The van der Waals surface area contributed by atoms with Crippen LogP contribution >= 0.6 is 0 Å². The third-order valence-electron chi connectivity index (χ3n) is 6.70. The molecule has 0 bridgehead atoms. The molecule has 2 aromatic carbocycles. The van der Waals surface area contributed by atoms with Crippen LogP contribution in [0.4, 0.5) is 20.6 Å². The van der Waals surface area contributed by atoms with Gasteiger partial charge in [-0.15, -0.1) is 0 Å². The van der Waals surface area contributed by atoms with Gasteiger partial charge in [-0.05, 0) is 56.0 Å². The summed E-state index contributed by atoms with van der Waals surface area (Å²) in [5, 5.41) is 4.90. The van der Waals surface area contributed by atoms with Crippen LogP contribution < -0.4 is 20.3 Å². The van der Waals surface area contributed by atoms with Crippen molar-refractivity contribution in [1.82, 2.24) is 10.2 Å². The number of carbonyl (C=O) groups is 3. The zero-order valence-corrected chi connectivity index (χ0v) is 20.4. The average Bonchev–Trinajstić information content (AvgIpc) is 3.06. The zero-order valence-electron chi connectivity index (χ0n) is 20.4. The van der Waals surface area contributed by atoms with Crippen molar-refractivity contribution in [2.75, 3.05) is 30.9 Å². The lowest BCUT2D eigenvalue weighted by Gasteiger charge is -2.45. The van der Waals surface area contributed by atoms with E-state index in [1.165, 1.54) is 18.2 Å². The average molecular weight is 481 g/mol. The lowest BCUT2D eigenvalue weighted by atomic mass is 9.80. The molecule has 2 N–H and O–H groups in total. The van der Waals surface area contributed by atoms with Crippen LogP contribution in [-0.4, -0.2) is 49.0 Å². The molecule has 1 saturated heterocycles. The van der Waals surface area contributed by atoms with Gasteiger partial charge < -0.3 is 20.3 Å². The Morgan fingerprint density at radius 2 is 2.00 bits per heavy atom. The Hall–Kier alpha value is -3.88. The van der Waals surface area contributed by atoms with E-state index in [0.717, 1.165) is 22.6 Å². The predicted molar refractivity (Wildman–Crippen MR) is 132 cm³/mol. The molecule has 8 nitrogen and oxygen atoms in total. The highest BCUT2D eigenvalue weighted by atomic mass is 19.1. The van der Waals surface area contributed by atoms with Gasteiger partial charge in [0.1, 0.15) is 23.8 Å². The number of nitrogens with zero attached hydrogens (tertiary/aromatic N) is 2. The van der Waals surface area contributed by atoms with Gasteiger partial charge in [-0.25, -0.2) is 14.1 Å². The standard InChI is InChI=1S/C26H29FN4O4/c1-15-13-26(2,3)30(4)21-12-22(35-5)16(10-17(15)21)11-20-24(33)31(25(34)29-20)14-23(32)28-19-9-7-6-8-18(19)27/h6-12,15H,13-14H2,1-5H3,(H,28,32)(H,29,34)/b20-11+. The Labute approximate surface area is 203 Å². The number of anilines is 2. The summed E-state index contributed by atoms with van der Waals surface area (Å²) in [6.45, 7) is 6.00. The second-order valence-corrected chi connectivity index (χ2v) is 9.54. The van der Waals surface area contributed by atoms with Crippen LogP contribution in [0, 0.1) is 5.82 Å². The second-order valence-electron chi connectivity index (χ2n) is 9.54. The number of carbonyl (C=O) groups excluding carboxylic acids is 3. The van der Waals surface area contributed by atoms with Crippen LogP contribution in [0.2, 0.25) is 0 Å². The fraction of sp³-hybridized carbons (Fsp3) is 0.346. The maximum absolute atomic E-state index is 13.8. The van der Waals surface area contributed by atoms with Gasteiger partial charge in [0, 0.05) is 29.9 Å². The number of benzene rings is 2. The lowest BCUT2D eigenvalue weighted by Crippen LogP contribution is -2.45. The number of fused-ring (bicyclic) bond motifs is 1. The van der Waals surface area contributed by atoms with Crippen LogP contribution in [0.15, 0.2) is 42.1 Å². The fourth-order valence-electron chi connectivity index (χ4n) is 4.67. The van der Waals surface area contributed by atoms with Gasteiger partial charge >= 0.3 is 6.03 Å². The minimum atomic E-state index is -0.725. The number of methoxy groups -OCH3 is 1. The van der Waals surface area contributed by atoms with Crippen molar-refractivity contribution in [1.29, 1.82) is 0 Å². The molecule has 4 amide bonds. The van der Waals surface area contributed by atoms with E-state index in [1.54, 1.807) is 19.3 Å². The molecule has 184 valence electrons. The van der Waals surface area contributed by atoms with Gasteiger partial charge in [0.2, 0.25) is 5.91 Å². The molecule has 0 saturated carbocycles. The summed E-state index contributed by atoms with van der Waals surface area (Å²) in [5.74, 6) is -1.10. The molecule has 1 unspecified atom stereocenters. The van der Waals surface area contributed by atoms with E-state index in [9.17, 15) is 18.8 Å². The number of nitrogens with one attached hydrogen (secondary N) is 2. The highest BCUT2D eigenvalue weighted by Gasteiger charge is 2.37. The highest BCUT2D eigenvalue weighted by molar-refractivity contribution is 6.16. The van der Waals surface area contributed by atoms with Crippen LogP contribution in [0.5, 0.6) is 5.75 Å². The van der Waals surface area contributed by atoms with Crippen molar-refractivity contribution < 1.29 is 23.5 Å². The SMILES string of the molecule is COc1cc2c(cc1/C=C1/NC(=O)N(CC(=O)Nc3ccccc3F)C1=O)C(C)CC(C)(C)N2C. The molecule has 0 spiro atoms. The maximum Gasteiger partial charge on any atom is 0.329 e. The van der Waals surface area contributed by atoms with E-state index >= 15 is 0 Å². The molecule has 2 aromatic rings. The molecule has 2 heterocycles. The first-order chi connectivity index (χ1) is 16.5. The smallest absolute Gasteiger partial charge is 0.329 e. The Morgan fingerprint density at radius 3 is 2.69 bits per heavy atom. The molecule has 1 atom stereocenters. The first kappa shape index (κ1) is 24.3. The summed E-state index contributed by atoms with van der Waals surface area (Å²) in [7, 11) is 3.60. The van der Waals surface area contributed by atoms with Crippen molar-refractivity contribution in [3.05, 3.63) is 59.0 Å². The number of urea groups is 1. The van der Waals surface area contributed by atoms with Gasteiger partial charge in [0.15, 0.2) is 0 Å². The van der Waals surface area contributed by atoms with Crippen LogP contribution in [0.3, 0.4) is 0 Å². The van der Waals surface area contributed by atoms with E-state index in [1.807, 2.05) is 19.2 Å². The number of hydrogen-bond donors (Lipinski definition) is 2. The third kappa shape index (κ3) is 4.58. The van der Waals surface area contributed by atoms with E-state index in [2.05, 4.69) is 36.3 Å². The molecule has 0 aromatic heterocycles. The first-order valence-corrected chi connectivity index (χ1v) is 11.4. The van der Waals surface area contributed by atoms with Crippen molar-refractivity contribution in [3.8, 4) is 5.75 Å². The summed E-state index contributed by atoms with van der Waals surface area (Å²) < 4.78 is 19.4. The molecule has 1 fully saturated rings. The lowest BCUT2D eigenvalue weighted by molar-refractivity contribution is -0.127. The summed E-state index contributed by atoms with van der Waals surface area (Å²) in [4.78, 5) is 40.8. The molecule has 4 rings (SSSR count). The predicted octanol–water partition coefficient (Wildman–Crippen LogP) is 4.09. The number of imide groups is 1. The monoisotopic (exact) mass is 480 g/mol. The van der Waals surface area contributed by atoms with Crippen LogP contribution in [0.1, 0.15) is 44.2 Å². The Balaban J connectivity index is 1.58. The quantitative estimate of drug-likeness (QED) is 0.497. The fourth-order valence-corrected chi connectivity index (χ4v) is 4.67. The van der Waals surface area contributed by atoms with Crippen molar-refractivity contribution in [2.24, 2.45) is 0 Å². The minimum absolute atomic E-state index is 0.0173. The number of halogens is 1. The van der Waals surface area contributed by atoms with Gasteiger partial charge in [0.05, 0.1) is 12.8 Å². The maximum atomic E-state index is 13.8. The van der Waals surface area contributed by atoms with E-state index in [-0.39, 0.29) is 22.8 Å².